The van der Waals surface area contributed by atoms with Gasteiger partial charge in [0.15, 0.2) is 0 Å². The highest BCUT2D eigenvalue weighted by Gasteiger charge is 2.07. The van der Waals surface area contributed by atoms with Gasteiger partial charge in [0.2, 0.25) is 0 Å². The average molecular weight is 248 g/mol. The van der Waals surface area contributed by atoms with Crippen LogP contribution in [-0.2, 0) is 0 Å². The van der Waals surface area contributed by atoms with Crippen LogP contribution in [0, 0.1) is 17.1 Å². The Labute approximate surface area is 103 Å². The first kappa shape index (κ1) is 11.4. The van der Waals surface area contributed by atoms with E-state index in [0.717, 1.165) is 0 Å². The van der Waals surface area contributed by atoms with Crippen LogP contribution in [0.1, 0.15) is 5.56 Å². The number of hydrogen-bond donors (Lipinski definition) is 1. The number of benzene rings is 2. The van der Waals surface area contributed by atoms with Crippen molar-refractivity contribution in [1.82, 2.24) is 0 Å². The number of nitriles is 1. The van der Waals surface area contributed by atoms with E-state index < -0.39 is 5.82 Å². The number of aromatic hydroxyl groups is 1. The van der Waals surface area contributed by atoms with Gasteiger partial charge in [-0.05, 0) is 35.9 Å². The lowest BCUT2D eigenvalue weighted by Gasteiger charge is -2.05. The largest absolute Gasteiger partial charge is 0.507 e. The maximum Gasteiger partial charge on any atom is 0.133 e. The number of halogens is 2. The first-order chi connectivity index (χ1) is 8.11. The standard InChI is InChI=1S/C13H7ClFNO/c14-12-6-10(15)2-3-11(12)8-1-4-13(17)9(5-8)7-16/h1-6,17H. The third-order valence-electron chi connectivity index (χ3n) is 2.36. The quantitative estimate of drug-likeness (QED) is 0.835. The van der Waals surface area contributed by atoms with Gasteiger partial charge in [-0.15, -0.1) is 0 Å². The van der Waals surface area contributed by atoms with Crippen LogP contribution in [0.5, 0.6) is 5.75 Å². The molecule has 84 valence electrons. The molecule has 0 heterocycles. The Bertz CT molecular complexity index is 619. The minimum atomic E-state index is -0.418. The van der Waals surface area contributed by atoms with Crippen LogP contribution in [-0.4, -0.2) is 5.11 Å². The molecule has 0 aliphatic heterocycles. The zero-order valence-electron chi connectivity index (χ0n) is 8.61. The van der Waals surface area contributed by atoms with Gasteiger partial charge in [0.05, 0.1) is 10.6 Å². The Morgan fingerprint density at radius 3 is 2.59 bits per heavy atom. The van der Waals surface area contributed by atoms with E-state index in [0.29, 0.717) is 11.1 Å². The van der Waals surface area contributed by atoms with Crippen molar-refractivity contribution in [3.8, 4) is 22.9 Å². The topological polar surface area (TPSA) is 44.0 Å². The van der Waals surface area contributed by atoms with Crippen LogP contribution in [0.25, 0.3) is 11.1 Å². The van der Waals surface area contributed by atoms with E-state index in [2.05, 4.69) is 0 Å². The molecule has 4 heteroatoms. The normalized spacial score (nSPS) is 9.94. The van der Waals surface area contributed by atoms with Crippen LogP contribution >= 0.6 is 11.6 Å². The molecule has 0 aliphatic carbocycles. The summed E-state index contributed by atoms with van der Waals surface area (Å²) >= 11 is 5.91. The predicted molar refractivity (Wildman–Crippen MR) is 63.2 cm³/mol. The molecule has 0 amide bonds. The van der Waals surface area contributed by atoms with Crippen LogP contribution in [0.2, 0.25) is 5.02 Å². The van der Waals surface area contributed by atoms with E-state index in [1.165, 1.54) is 30.3 Å². The summed E-state index contributed by atoms with van der Waals surface area (Å²) in [4.78, 5) is 0. The van der Waals surface area contributed by atoms with E-state index in [1.807, 2.05) is 6.07 Å². The van der Waals surface area contributed by atoms with Gasteiger partial charge in [-0.2, -0.15) is 5.26 Å². The highest BCUT2D eigenvalue weighted by molar-refractivity contribution is 6.33. The number of hydrogen-bond acceptors (Lipinski definition) is 2. The lowest BCUT2D eigenvalue weighted by atomic mass is 10.0. The fraction of sp³-hybridized carbons (Fsp3) is 0. The van der Waals surface area contributed by atoms with Crippen molar-refractivity contribution < 1.29 is 9.50 Å². The summed E-state index contributed by atoms with van der Waals surface area (Å²) in [6, 6.07) is 10.4. The Hall–Kier alpha value is -2.05. The summed E-state index contributed by atoms with van der Waals surface area (Å²) in [7, 11) is 0. The van der Waals surface area contributed by atoms with E-state index >= 15 is 0 Å². The molecule has 1 N–H and O–H groups in total. The molecule has 0 aromatic heterocycles. The Morgan fingerprint density at radius 1 is 1.18 bits per heavy atom. The Kier molecular flexibility index (Phi) is 2.99. The number of phenolic OH excluding ortho intramolecular Hbond substituents is 1. The van der Waals surface area contributed by atoms with Crippen LogP contribution in [0.15, 0.2) is 36.4 Å². The molecular formula is C13H7ClFNO. The lowest BCUT2D eigenvalue weighted by Crippen LogP contribution is -1.84. The fourth-order valence-corrected chi connectivity index (χ4v) is 1.79. The third kappa shape index (κ3) is 2.22. The van der Waals surface area contributed by atoms with Gasteiger partial charge in [0.25, 0.3) is 0 Å². The molecule has 0 atom stereocenters. The molecule has 0 spiro atoms. The second kappa shape index (κ2) is 4.44. The van der Waals surface area contributed by atoms with Gasteiger partial charge >= 0.3 is 0 Å². The van der Waals surface area contributed by atoms with Crippen molar-refractivity contribution in [2.45, 2.75) is 0 Å². The van der Waals surface area contributed by atoms with E-state index in [4.69, 9.17) is 16.9 Å². The van der Waals surface area contributed by atoms with E-state index in [-0.39, 0.29) is 16.3 Å². The van der Waals surface area contributed by atoms with Crippen LogP contribution in [0.4, 0.5) is 4.39 Å². The monoisotopic (exact) mass is 247 g/mol. The highest BCUT2D eigenvalue weighted by atomic mass is 35.5. The van der Waals surface area contributed by atoms with Crippen molar-refractivity contribution in [3.63, 3.8) is 0 Å². The molecule has 0 fully saturated rings. The molecule has 0 bridgehead atoms. The zero-order chi connectivity index (χ0) is 12.4. The molecule has 0 radical (unpaired) electrons. The van der Waals surface area contributed by atoms with Gasteiger partial charge < -0.3 is 5.11 Å². The lowest BCUT2D eigenvalue weighted by molar-refractivity contribution is 0.473. The van der Waals surface area contributed by atoms with E-state index in [1.54, 1.807) is 6.07 Å². The first-order valence-electron chi connectivity index (χ1n) is 4.80. The number of rotatable bonds is 1. The van der Waals surface area contributed by atoms with Crippen molar-refractivity contribution in [1.29, 1.82) is 5.26 Å². The molecular weight excluding hydrogens is 241 g/mol. The summed E-state index contributed by atoms with van der Waals surface area (Å²) in [6.45, 7) is 0. The van der Waals surface area contributed by atoms with Crippen LogP contribution < -0.4 is 0 Å². The average Bonchev–Trinajstić information content (AvgIpc) is 2.30. The molecule has 0 saturated carbocycles. The number of phenols is 1. The van der Waals surface area contributed by atoms with Gasteiger partial charge in [-0.1, -0.05) is 17.7 Å². The van der Waals surface area contributed by atoms with Crippen molar-refractivity contribution >= 4 is 11.6 Å². The molecule has 2 nitrogen and oxygen atoms in total. The summed E-state index contributed by atoms with van der Waals surface area (Å²) in [5, 5.41) is 18.4. The van der Waals surface area contributed by atoms with E-state index in [9.17, 15) is 9.50 Å². The second-order valence-corrected chi connectivity index (χ2v) is 3.88. The zero-order valence-corrected chi connectivity index (χ0v) is 9.37. The van der Waals surface area contributed by atoms with Crippen molar-refractivity contribution in [3.05, 3.63) is 52.8 Å². The Morgan fingerprint density at radius 2 is 1.94 bits per heavy atom. The SMILES string of the molecule is N#Cc1cc(-c2ccc(F)cc2Cl)ccc1O. The minimum absolute atomic E-state index is 0.0884. The molecule has 0 saturated heterocycles. The molecule has 2 aromatic rings. The smallest absolute Gasteiger partial charge is 0.133 e. The van der Waals surface area contributed by atoms with Crippen LogP contribution in [0.3, 0.4) is 0 Å². The van der Waals surface area contributed by atoms with Gasteiger partial charge in [0.1, 0.15) is 17.6 Å². The summed E-state index contributed by atoms with van der Waals surface area (Å²) in [5.41, 5.74) is 1.43. The molecule has 2 rings (SSSR count). The molecule has 0 aliphatic rings. The number of nitrogens with zero attached hydrogens (tertiary/aromatic N) is 1. The third-order valence-corrected chi connectivity index (χ3v) is 2.67. The summed E-state index contributed by atoms with van der Waals surface area (Å²) in [5.74, 6) is -0.507. The van der Waals surface area contributed by atoms with Crippen molar-refractivity contribution in [2.24, 2.45) is 0 Å². The molecule has 2 aromatic carbocycles. The first-order valence-corrected chi connectivity index (χ1v) is 5.18. The molecule has 17 heavy (non-hydrogen) atoms. The van der Waals surface area contributed by atoms with Gasteiger partial charge in [-0.25, -0.2) is 4.39 Å². The minimum Gasteiger partial charge on any atom is -0.507 e. The predicted octanol–water partition coefficient (Wildman–Crippen LogP) is 3.72. The Balaban J connectivity index is 2.58. The van der Waals surface area contributed by atoms with Gasteiger partial charge in [-0.3, -0.25) is 0 Å². The van der Waals surface area contributed by atoms with Gasteiger partial charge in [0, 0.05) is 5.56 Å². The highest BCUT2D eigenvalue weighted by Crippen LogP contribution is 2.31. The van der Waals surface area contributed by atoms with Crippen molar-refractivity contribution in [2.75, 3.05) is 0 Å². The molecule has 0 unspecified atom stereocenters. The maximum absolute atomic E-state index is 12.9. The summed E-state index contributed by atoms with van der Waals surface area (Å²) < 4.78 is 12.9. The fourth-order valence-electron chi connectivity index (χ4n) is 1.52. The maximum atomic E-state index is 12.9. The second-order valence-electron chi connectivity index (χ2n) is 3.47. The summed E-state index contributed by atoms with van der Waals surface area (Å²) in [6.07, 6.45) is 0.